The monoisotopic (exact) mass is 858 g/mol. The summed E-state index contributed by atoms with van der Waals surface area (Å²) in [7, 11) is 0. The number of anilines is 1. The van der Waals surface area contributed by atoms with E-state index in [9.17, 15) is 29.2 Å². The highest BCUT2D eigenvalue weighted by atomic mass is 16.5. The lowest BCUT2D eigenvalue weighted by atomic mass is 9.49. The molecular weight excluding hydrogens is 801 g/mol. The van der Waals surface area contributed by atoms with Gasteiger partial charge in [0.15, 0.2) is 0 Å². The molecule has 0 radical (unpaired) electrons. The van der Waals surface area contributed by atoms with Crippen molar-refractivity contribution in [1.29, 1.82) is 5.26 Å². The van der Waals surface area contributed by atoms with Crippen LogP contribution >= 0.6 is 0 Å². The van der Waals surface area contributed by atoms with Crippen LogP contribution in [-0.4, -0.2) is 105 Å². The molecule has 1 unspecified atom stereocenters. The van der Waals surface area contributed by atoms with E-state index in [4.69, 9.17) is 9.47 Å². The maximum atomic E-state index is 13.5. The number of fused-ring (bicyclic) bond motifs is 1. The molecule has 1 atom stereocenters. The first-order valence-corrected chi connectivity index (χ1v) is 22.2. The van der Waals surface area contributed by atoms with Crippen molar-refractivity contribution >= 4 is 35.4 Å². The Hall–Kier alpha value is -5.88. The molecule has 0 bridgehead atoms. The molecule has 8 rings (SSSR count). The van der Waals surface area contributed by atoms with Gasteiger partial charge in [-0.05, 0) is 94.3 Å². The zero-order chi connectivity index (χ0) is 45.1. The normalized spacial score (nSPS) is 25.3. The second kappa shape index (κ2) is 16.7. The highest BCUT2D eigenvalue weighted by molar-refractivity contribution is 6.23. The van der Waals surface area contributed by atoms with E-state index in [-0.39, 0.29) is 64.6 Å². The van der Waals surface area contributed by atoms with Crippen molar-refractivity contribution in [3.63, 3.8) is 0 Å². The van der Waals surface area contributed by atoms with Crippen molar-refractivity contribution < 1.29 is 33.4 Å². The summed E-state index contributed by atoms with van der Waals surface area (Å²) in [5.41, 5.74) is 2.41. The van der Waals surface area contributed by atoms with Gasteiger partial charge in [-0.2, -0.15) is 5.26 Å². The van der Waals surface area contributed by atoms with Gasteiger partial charge >= 0.3 is 0 Å². The number of nitriles is 1. The van der Waals surface area contributed by atoms with Gasteiger partial charge in [-0.3, -0.25) is 39.1 Å². The Bertz CT molecular complexity index is 2340. The van der Waals surface area contributed by atoms with Crippen LogP contribution in [0.2, 0.25) is 0 Å². The SMILES string of the molecule is Cc1cc(O[C@H]2C(C)(C)[C@H](NC(=O)c3cnc(N4CCC(CN(C(C)C)[C@H]5C[C@H](Oc6ccc7c(c6)C(=O)N(C6CCC(=O)NC6=O)C7=O)C5)CC4)cn3)C2(C)C)cc(C)c1C#N. The van der Waals surface area contributed by atoms with Gasteiger partial charge in [-0.15, -0.1) is 0 Å². The fourth-order valence-corrected chi connectivity index (χ4v) is 11.0. The maximum absolute atomic E-state index is 13.5. The number of benzene rings is 2. The van der Waals surface area contributed by atoms with Crippen molar-refractivity contribution in [2.45, 2.75) is 130 Å². The van der Waals surface area contributed by atoms with Crippen LogP contribution in [0.3, 0.4) is 0 Å². The predicted molar refractivity (Wildman–Crippen MR) is 233 cm³/mol. The van der Waals surface area contributed by atoms with Gasteiger partial charge in [0.05, 0.1) is 35.2 Å². The summed E-state index contributed by atoms with van der Waals surface area (Å²) in [6.07, 6.45) is 6.97. The van der Waals surface area contributed by atoms with E-state index in [2.05, 4.69) is 78.0 Å². The Labute approximate surface area is 368 Å². The van der Waals surface area contributed by atoms with Gasteiger partial charge in [0.1, 0.15) is 41.3 Å². The lowest BCUT2D eigenvalue weighted by Crippen LogP contribution is -2.74. The third kappa shape index (κ3) is 8.14. The first-order valence-electron chi connectivity index (χ1n) is 22.2. The molecule has 2 saturated heterocycles. The van der Waals surface area contributed by atoms with Crippen molar-refractivity contribution in [2.24, 2.45) is 16.7 Å². The second-order valence-corrected chi connectivity index (χ2v) is 19.6. The van der Waals surface area contributed by atoms with Crippen molar-refractivity contribution in [3.8, 4) is 17.6 Å². The number of nitrogens with zero attached hydrogens (tertiary/aromatic N) is 6. The van der Waals surface area contributed by atoms with E-state index in [1.165, 1.54) is 0 Å². The van der Waals surface area contributed by atoms with E-state index in [1.54, 1.807) is 30.6 Å². The van der Waals surface area contributed by atoms with Crippen LogP contribution in [0.25, 0.3) is 0 Å². The average molecular weight is 859 g/mol. The Morgan fingerprint density at radius 1 is 0.921 bits per heavy atom. The van der Waals surface area contributed by atoms with Crippen LogP contribution in [0.5, 0.6) is 11.5 Å². The largest absolute Gasteiger partial charge is 0.490 e. The Morgan fingerprint density at radius 3 is 2.19 bits per heavy atom. The Balaban J connectivity index is 0.797. The molecule has 15 heteroatoms. The Kier molecular flexibility index (Phi) is 11.6. The number of piperidine rings is 2. The third-order valence-electron chi connectivity index (χ3n) is 14.2. The number of carbonyl (C=O) groups is 5. The molecule has 2 saturated carbocycles. The quantitative estimate of drug-likeness (QED) is 0.218. The highest BCUT2D eigenvalue weighted by Crippen LogP contribution is 2.55. The van der Waals surface area contributed by atoms with Gasteiger partial charge in [0, 0.05) is 67.9 Å². The van der Waals surface area contributed by atoms with E-state index >= 15 is 0 Å². The number of rotatable bonds is 12. The number of ether oxygens (including phenoxy) is 2. The zero-order valence-electron chi connectivity index (χ0n) is 37.5. The molecule has 63 heavy (non-hydrogen) atoms. The first-order chi connectivity index (χ1) is 29.9. The van der Waals surface area contributed by atoms with Crippen molar-refractivity contribution in [2.75, 3.05) is 24.5 Å². The fraction of sp³-hybridized carbons (Fsp3) is 0.542. The molecule has 5 aliphatic rings. The van der Waals surface area contributed by atoms with E-state index in [0.717, 1.165) is 72.9 Å². The summed E-state index contributed by atoms with van der Waals surface area (Å²) in [6.45, 7) is 19.4. The van der Waals surface area contributed by atoms with Crippen molar-refractivity contribution in [3.05, 3.63) is 76.2 Å². The highest BCUT2D eigenvalue weighted by Gasteiger charge is 2.64. The molecule has 1 aromatic heterocycles. The van der Waals surface area contributed by atoms with E-state index in [0.29, 0.717) is 29.3 Å². The number of nitrogens with one attached hydrogen (secondary N) is 2. The molecule has 4 heterocycles. The standard InChI is InChI=1S/C48H58N8O7/c1-26(2)55(30-19-33(20-30)62-31-9-10-34-35(21-31)44(61)56(43(34)60)38-11-12-40(57)52-42(38)59)25-29-13-15-54(16-14-29)39-24-50-37(23-51-39)41(58)53-45-47(5,6)46(48(45,7)8)63-32-17-27(3)36(22-49)28(4)18-32/h9-10,17-18,21,23-24,26,29-30,33,38,45-46H,11-16,19-20,25H2,1-8H3,(H,53,58)(H,52,57,59)/t30-,33-,38?,45-,46-. The minimum absolute atomic E-state index is 0.0234. The van der Waals surface area contributed by atoms with Crippen LogP contribution < -0.4 is 25.0 Å². The predicted octanol–water partition coefficient (Wildman–Crippen LogP) is 5.52. The molecule has 5 amide bonds. The van der Waals surface area contributed by atoms with E-state index in [1.807, 2.05) is 26.0 Å². The minimum atomic E-state index is -1.01. The smallest absolute Gasteiger partial charge is 0.271 e. The summed E-state index contributed by atoms with van der Waals surface area (Å²) in [5, 5.41) is 14.9. The summed E-state index contributed by atoms with van der Waals surface area (Å²) < 4.78 is 12.8. The summed E-state index contributed by atoms with van der Waals surface area (Å²) in [4.78, 5) is 79.0. The fourth-order valence-electron chi connectivity index (χ4n) is 11.0. The summed E-state index contributed by atoms with van der Waals surface area (Å²) >= 11 is 0. The second-order valence-electron chi connectivity index (χ2n) is 19.6. The number of hydrogen-bond acceptors (Lipinski definition) is 12. The molecule has 3 aromatic rings. The molecule has 4 fully saturated rings. The first kappa shape index (κ1) is 43.8. The van der Waals surface area contributed by atoms with Gasteiger partial charge in [-0.1, -0.05) is 27.7 Å². The topological polar surface area (TPSA) is 187 Å². The molecule has 2 aliphatic carbocycles. The number of carbonyl (C=O) groups excluding carboxylic acids is 5. The molecule has 3 aliphatic heterocycles. The van der Waals surface area contributed by atoms with Gasteiger partial charge in [0.2, 0.25) is 11.8 Å². The minimum Gasteiger partial charge on any atom is -0.490 e. The summed E-state index contributed by atoms with van der Waals surface area (Å²) in [5.74, 6) is 0.129. The molecule has 2 aromatic carbocycles. The molecule has 332 valence electrons. The van der Waals surface area contributed by atoms with Crippen LogP contribution in [0, 0.1) is 41.9 Å². The third-order valence-corrected chi connectivity index (χ3v) is 14.2. The number of aryl methyl sites for hydroxylation is 2. The molecule has 0 spiro atoms. The lowest BCUT2D eigenvalue weighted by Gasteiger charge is -2.63. The van der Waals surface area contributed by atoms with Crippen LogP contribution in [0.4, 0.5) is 5.82 Å². The maximum Gasteiger partial charge on any atom is 0.271 e. The number of aromatic nitrogens is 2. The molecular formula is C48H58N8O7. The molecule has 2 N–H and O–H groups in total. The van der Waals surface area contributed by atoms with Crippen LogP contribution in [0.15, 0.2) is 42.7 Å². The Morgan fingerprint density at radius 2 is 1.59 bits per heavy atom. The van der Waals surface area contributed by atoms with Crippen LogP contribution in [0.1, 0.15) is 128 Å². The van der Waals surface area contributed by atoms with E-state index < -0.39 is 29.7 Å². The zero-order valence-corrected chi connectivity index (χ0v) is 37.5. The van der Waals surface area contributed by atoms with Crippen molar-refractivity contribution in [1.82, 2.24) is 30.4 Å². The number of amides is 5. The van der Waals surface area contributed by atoms with Gasteiger partial charge in [0.25, 0.3) is 17.7 Å². The lowest BCUT2D eigenvalue weighted by molar-refractivity contribution is -0.164. The molecule has 15 nitrogen and oxygen atoms in total. The number of imide groups is 2. The average Bonchev–Trinajstić information content (AvgIpc) is 3.47. The van der Waals surface area contributed by atoms with Gasteiger partial charge < -0.3 is 19.7 Å². The van der Waals surface area contributed by atoms with Crippen LogP contribution in [-0.2, 0) is 9.59 Å². The van der Waals surface area contributed by atoms with Gasteiger partial charge in [-0.25, -0.2) is 9.97 Å². The summed E-state index contributed by atoms with van der Waals surface area (Å²) in [6, 6.07) is 10.5. The number of hydrogen-bond donors (Lipinski definition) is 2.